The first-order chi connectivity index (χ1) is 13.1. The molecule has 0 fully saturated rings. The highest BCUT2D eigenvalue weighted by molar-refractivity contribution is 5.78. The summed E-state index contributed by atoms with van der Waals surface area (Å²) in [7, 11) is 4.11. The molecule has 1 N–H and O–H groups in total. The minimum absolute atomic E-state index is 0.0589. The van der Waals surface area contributed by atoms with Crippen LogP contribution in [0.15, 0.2) is 79.1 Å². The Morgan fingerprint density at radius 1 is 0.926 bits per heavy atom. The lowest BCUT2D eigenvalue weighted by atomic mass is 10.0. The van der Waals surface area contributed by atoms with Crippen molar-refractivity contribution in [2.75, 3.05) is 20.6 Å². The first-order valence-corrected chi connectivity index (χ1v) is 9.31. The van der Waals surface area contributed by atoms with Crippen molar-refractivity contribution in [3.05, 3.63) is 90.3 Å². The second-order valence-electron chi connectivity index (χ2n) is 7.04. The van der Waals surface area contributed by atoms with E-state index in [4.69, 9.17) is 0 Å². The first kappa shape index (κ1) is 18.9. The van der Waals surface area contributed by atoms with Crippen LogP contribution in [0.4, 0.5) is 0 Å². The van der Waals surface area contributed by atoms with Gasteiger partial charge in [-0.05, 0) is 55.9 Å². The summed E-state index contributed by atoms with van der Waals surface area (Å²) in [5.41, 5.74) is 3.40. The van der Waals surface area contributed by atoms with Crippen molar-refractivity contribution in [2.45, 2.75) is 18.9 Å². The monoisotopic (exact) mass is 361 g/mol. The number of carbonyl (C=O) groups is 1. The molecule has 0 aliphatic carbocycles. The van der Waals surface area contributed by atoms with Gasteiger partial charge in [0.1, 0.15) is 0 Å². The van der Waals surface area contributed by atoms with Gasteiger partial charge in [0.15, 0.2) is 0 Å². The molecule has 4 heteroatoms. The maximum Gasteiger partial charge on any atom is 0.224 e. The number of aromatic nitrogens is 1. The molecule has 2 aromatic carbocycles. The molecule has 0 saturated carbocycles. The predicted molar refractivity (Wildman–Crippen MR) is 110 cm³/mol. The van der Waals surface area contributed by atoms with Crippen LogP contribution in [0, 0.1) is 0 Å². The standard InChI is InChI=1S/C23H27N3O/c1-25(2)22(16-19-8-4-3-5-9-19)18-24-23(27)17-20-10-12-21(13-11-20)26-14-6-7-15-26/h3-15,22H,16-18H2,1-2H3,(H,24,27). The molecule has 1 heterocycles. The summed E-state index contributed by atoms with van der Waals surface area (Å²) < 4.78 is 2.05. The Balaban J connectivity index is 1.52. The molecule has 0 saturated heterocycles. The number of benzene rings is 2. The molecule has 27 heavy (non-hydrogen) atoms. The molecule has 4 nitrogen and oxygen atoms in total. The van der Waals surface area contributed by atoms with E-state index in [9.17, 15) is 4.79 Å². The van der Waals surface area contributed by atoms with Crippen molar-refractivity contribution < 1.29 is 4.79 Å². The smallest absolute Gasteiger partial charge is 0.224 e. The lowest BCUT2D eigenvalue weighted by Gasteiger charge is -2.24. The lowest BCUT2D eigenvalue weighted by molar-refractivity contribution is -0.120. The number of carbonyl (C=O) groups excluding carboxylic acids is 1. The van der Waals surface area contributed by atoms with Crippen molar-refractivity contribution in [1.29, 1.82) is 0 Å². The van der Waals surface area contributed by atoms with Crippen molar-refractivity contribution >= 4 is 5.91 Å². The second kappa shape index (κ2) is 9.19. The number of amides is 1. The fourth-order valence-electron chi connectivity index (χ4n) is 3.10. The maximum atomic E-state index is 12.4. The van der Waals surface area contributed by atoms with E-state index in [0.717, 1.165) is 17.7 Å². The number of rotatable bonds is 8. The van der Waals surface area contributed by atoms with E-state index < -0.39 is 0 Å². The van der Waals surface area contributed by atoms with Crippen LogP contribution in [0.25, 0.3) is 5.69 Å². The molecule has 140 valence electrons. The van der Waals surface area contributed by atoms with E-state index in [1.807, 2.05) is 54.9 Å². The van der Waals surface area contributed by atoms with Gasteiger partial charge in [0.25, 0.3) is 0 Å². The molecule has 0 radical (unpaired) electrons. The Morgan fingerprint density at radius 2 is 1.59 bits per heavy atom. The number of nitrogens with zero attached hydrogens (tertiary/aromatic N) is 2. The SMILES string of the molecule is CN(C)C(CNC(=O)Cc1ccc(-n2cccc2)cc1)Cc1ccccc1. The maximum absolute atomic E-state index is 12.4. The van der Waals surface area contributed by atoms with Crippen LogP contribution in [-0.2, 0) is 17.6 Å². The van der Waals surface area contributed by atoms with Crippen LogP contribution in [0.3, 0.4) is 0 Å². The van der Waals surface area contributed by atoms with Crippen molar-refractivity contribution in [3.8, 4) is 5.69 Å². The molecule has 3 rings (SSSR count). The quantitative estimate of drug-likeness (QED) is 0.668. The predicted octanol–water partition coefficient (Wildman–Crippen LogP) is 3.31. The molecule has 0 bridgehead atoms. The van der Waals surface area contributed by atoms with Gasteiger partial charge in [-0.15, -0.1) is 0 Å². The van der Waals surface area contributed by atoms with E-state index in [1.54, 1.807) is 0 Å². The van der Waals surface area contributed by atoms with Gasteiger partial charge in [0, 0.05) is 30.7 Å². The third kappa shape index (κ3) is 5.56. The normalized spacial score (nSPS) is 12.1. The number of likely N-dealkylation sites (N-methyl/N-ethyl adjacent to an activating group) is 1. The summed E-state index contributed by atoms with van der Waals surface area (Å²) >= 11 is 0. The fourth-order valence-corrected chi connectivity index (χ4v) is 3.10. The Hall–Kier alpha value is -2.85. The van der Waals surface area contributed by atoms with E-state index in [-0.39, 0.29) is 11.9 Å². The lowest BCUT2D eigenvalue weighted by Crippen LogP contribution is -2.42. The molecule has 1 aromatic heterocycles. The Labute approximate surface area is 161 Å². The van der Waals surface area contributed by atoms with E-state index >= 15 is 0 Å². The molecule has 0 aliphatic heterocycles. The number of hydrogen-bond donors (Lipinski definition) is 1. The molecular weight excluding hydrogens is 334 g/mol. The third-order valence-electron chi connectivity index (χ3n) is 4.78. The Kier molecular flexibility index (Phi) is 6.44. The van der Waals surface area contributed by atoms with E-state index in [1.165, 1.54) is 5.56 Å². The van der Waals surface area contributed by atoms with Crippen LogP contribution in [0.5, 0.6) is 0 Å². The average Bonchev–Trinajstić information content (AvgIpc) is 3.21. The Bertz CT molecular complexity index is 824. The minimum Gasteiger partial charge on any atom is -0.354 e. The molecule has 0 spiro atoms. The second-order valence-corrected chi connectivity index (χ2v) is 7.04. The van der Waals surface area contributed by atoms with Crippen LogP contribution in [-0.4, -0.2) is 42.1 Å². The van der Waals surface area contributed by atoms with Gasteiger partial charge in [0.2, 0.25) is 5.91 Å². The molecule has 0 aliphatic rings. The van der Waals surface area contributed by atoms with Crippen molar-refractivity contribution in [1.82, 2.24) is 14.8 Å². The summed E-state index contributed by atoms with van der Waals surface area (Å²) in [4.78, 5) is 14.5. The number of hydrogen-bond acceptors (Lipinski definition) is 2. The van der Waals surface area contributed by atoms with E-state index in [2.05, 4.69) is 53.1 Å². The van der Waals surface area contributed by atoms with Crippen LogP contribution >= 0.6 is 0 Å². The van der Waals surface area contributed by atoms with Gasteiger partial charge in [-0.25, -0.2) is 0 Å². The summed E-state index contributed by atoms with van der Waals surface area (Å²) in [5, 5.41) is 3.09. The minimum atomic E-state index is 0.0589. The topological polar surface area (TPSA) is 37.3 Å². The highest BCUT2D eigenvalue weighted by Gasteiger charge is 2.14. The average molecular weight is 361 g/mol. The molecule has 1 atom stereocenters. The van der Waals surface area contributed by atoms with Crippen LogP contribution < -0.4 is 5.32 Å². The zero-order valence-electron chi connectivity index (χ0n) is 16.0. The van der Waals surface area contributed by atoms with Gasteiger partial charge in [0.05, 0.1) is 6.42 Å². The molecule has 1 unspecified atom stereocenters. The summed E-state index contributed by atoms with van der Waals surface area (Å²) in [6.45, 7) is 0.641. The van der Waals surface area contributed by atoms with Gasteiger partial charge in [-0.1, -0.05) is 42.5 Å². The zero-order valence-corrected chi connectivity index (χ0v) is 16.0. The van der Waals surface area contributed by atoms with Gasteiger partial charge in [-0.2, -0.15) is 0 Å². The van der Waals surface area contributed by atoms with E-state index in [0.29, 0.717) is 13.0 Å². The third-order valence-corrected chi connectivity index (χ3v) is 4.78. The van der Waals surface area contributed by atoms with Crippen molar-refractivity contribution in [2.24, 2.45) is 0 Å². The summed E-state index contributed by atoms with van der Waals surface area (Å²) in [5.74, 6) is 0.0589. The Morgan fingerprint density at radius 3 is 2.22 bits per heavy atom. The fraction of sp³-hybridized carbons (Fsp3) is 0.261. The molecular formula is C23H27N3O. The van der Waals surface area contributed by atoms with Gasteiger partial charge in [-0.3, -0.25) is 4.79 Å². The first-order valence-electron chi connectivity index (χ1n) is 9.31. The molecule has 1 amide bonds. The summed E-state index contributed by atoms with van der Waals surface area (Å²) in [6, 6.07) is 22.8. The van der Waals surface area contributed by atoms with Gasteiger partial charge < -0.3 is 14.8 Å². The van der Waals surface area contributed by atoms with Gasteiger partial charge >= 0.3 is 0 Å². The zero-order chi connectivity index (χ0) is 19.1. The summed E-state index contributed by atoms with van der Waals surface area (Å²) in [6.07, 6.45) is 5.34. The highest BCUT2D eigenvalue weighted by Crippen LogP contribution is 2.11. The van der Waals surface area contributed by atoms with Crippen LogP contribution in [0.1, 0.15) is 11.1 Å². The number of nitrogens with one attached hydrogen (secondary N) is 1. The largest absolute Gasteiger partial charge is 0.354 e. The highest BCUT2D eigenvalue weighted by atomic mass is 16.1. The van der Waals surface area contributed by atoms with Crippen LogP contribution in [0.2, 0.25) is 0 Å². The molecule has 3 aromatic rings. The van der Waals surface area contributed by atoms with Crippen molar-refractivity contribution in [3.63, 3.8) is 0 Å².